The molecule has 2 N–H and O–H groups in total. The molecule has 2 aliphatic rings. The highest BCUT2D eigenvalue weighted by Gasteiger charge is 2.45. The summed E-state index contributed by atoms with van der Waals surface area (Å²) in [5.74, 6) is -0.0393. The molecule has 3 amide bonds. The van der Waals surface area contributed by atoms with Crippen LogP contribution in [0.1, 0.15) is 25.6 Å². The lowest BCUT2D eigenvalue weighted by atomic mass is 10.0. The number of aromatic nitrogens is 2. The van der Waals surface area contributed by atoms with Gasteiger partial charge in [0.05, 0.1) is 6.54 Å². The Hall–Kier alpha value is -3.01. The van der Waals surface area contributed by atoms with E-state index in [0.717, 1.165) is 0 Å². The Kier molecular flexibility index (Phi) is 4.71. The van der Waals surface area contributed by atoms with E-state index in [-0.39, 0.29) is 24.4 Å². The fraction of sp³-hybridized carbons (Fsp3) is 0.444. The lowest BCUT2D eigenvalue weighted by Crippen LogP contribution is -2.54. The van der Waals surface area contributed by atoms with E-state index in [1.165, 1.54) is 12.1 Å². The summed E-state index contributed by atoms with van der Waals surface area (Å²) in [7, 11) is 0. The zero-order valence-corrected chi connectivity index (χ0v) is 15.3. The number of carbonyl (C=O) groups is 2. The van der Waals surface area contributed by atoms with E-state index in [0.29, 0.717) is 37.3 Å². The molecule has 28 heavy (non-hydrogen) atoms. The van der Waals surface area contributed by atoms with Gasteiger partial charge in [-0.05, 0) is 25.1 Å². The summed E-state index contributed by atoms with van der Waals surface area (Å²) in [4.78, 5) is 29.9. The van der Waals surface area contributed by atoms with Gasteiger partial charge in [0, 0.05) is 31.5 Å². The van der Waals surface area contributed by atoms with E-state index in [4.69, 9.17) is 9.26 Å². The minimum absolute atomic E-state index is 0.0869. The first-order valence-electron chi connectivity index (χ1n) is 9.05. The highest BCUT2D eigenvalue weighted by molar-refractivity contribution is 5.83. The second-order valence-electron chi connectivity index (χ2n) is 6.92. The van der Waals surface area contributed by atoms with Gasteiger partial charge in [-0.1, -0.05) is 11.2 Å². The number of likely N-dealkylation sites (tertiary alicyclic amines) is 1. The summed E-state index contributed by atoms with van der Waals surface area (Å²) in [6.45, 7) is 2.72. The Morgan fingerprint density at radius 1 is 1.43 bits per heavy atom. The number of urea groups is 1. The van der Waals surface area contributed by atoms with E-state index in [9.17, 15) is 14.0 Å². The Morgan fingerprint density at radius 3 is 2.89 bits per heavy atom. The summed E-state index contributed by atoms with van der Waals surface area (Å²) in [5, 5.41) is 9.43. The van der Waals surface area contributed by atoms with Crippen molar-refractivity contribution in [2.45, 2.75) is 38.1 Å². The van der Waals surface area contributed by atoms with Crippen LogP contribution < -0.4 is 10.6 Å². The average Bonchev–Trinajstić information content (AvgIpc) is 3.25. The molecule has 148 valence electrons. The van der Waals surface area contributed by atoms with Gasteiger partial charge < -0.3 is 24.8 Å². The van der Waals surface area contributed by atoms with Crippen molar-refractivity contribution in [3.63, 3.8) is 0 Å². The van der Waals surface area contributed by atoms with Crippen LogP contribution in [0.5, 0.6) is 0 Å². The van der Waals surface area contributed by atoms with Gasteiger partial charge in [0.1, 0.15) is 17.6 Å². The van der Waals surface area contributed by atoms with Gasteiger partial charge in [0.25, 0.3) is 11.8 Å². The molecule has 10 heteroatoms. The zero-order valence-electron chi connectivity index (χ0n) is 15.3. The lowest BCUT2D eigenvalue weighted by Gasteiger charge is -2.38. The molecule has 0 aliphatic carbocycles. The number of nitrogens with one attached hydrogen (secondary N) is 2. The molecule has 4 rings (SSSR count). The van der Waals surface area contributed by atoms with Gasteiger partial charge in [-0.3, -0.25) is 4.79 Å². The van der Waals surface area contributed by atoms with Crippen LogP contribution in [-0.4, -0.2) is 51.9 Å². The van der Waals surface area contributed by atoms with Crippen molar-refractivity contribution in [1.82, 2.24) is 25.7 Å². The largest absolute Gasteiger partial charge is 0.343 e. The Labute approximate surface area is 160 Å². The van der Waals surface area contributed by atoms with Crippen LogP contribution in [0, 0.1) is 5.82 Å². The summed E-state index contributed by atoms with van der Waals surface area (Å²) in [6.07, 6.45) is 0.594. The second kappa shape index (κ2) is 7.19. The highest BCUT2D eigenvalue weighted by atomic mass is 19.1. The predicted octanol–water partition coefficient (Wildman–Crippen LogP) is 1.41. The molecule has 1 unspecified atom stereocenters. The molecule has 9 nitrogen and oxygen atoms in total. The quantitative estimate of drug-likeness (QED) is 0.822. The summed E-state index contributed by atoms with van der Waals surface area (Å²) < 4.78 is 24.1. The van der Waals surface area contributed by atoms with Crippen molar-refractivity contribution >= 4 is 11.9 Å². The third-order valence-corrected chi connectivity index (χ3v) is 4.92. The number of piperidine rings is 1. The lowest BCUT2D eigenvalue weighted by molar-refractivity contribution is -0.123. The average molecular weight is 389 g/mol. The summed E-state index contributed by atoms with van der Waals surface area (Å²) >= 11 is 0. The normalized spacial score (nSPS) is 21.0. The molecule has 2 saturated heterocycles. The van der Waals surface area contributed by atoms with Crippen molar-refractivity contribution in [1.29, 1.82) is 0 Å². The molecule has 1 aromatic carbocycles. The summed E-state index contributed by atoms with van der Waals surface area (Å²) in [5.41, 5.74) is -0.194. The molecule has 3 heterocycles. The molecule has 1 spiro atoms. The number of hydrogen-bond donors (Lipinski definition) is 2. The number of hydrogen-bond acceptors (Lipinski definition) is 6. The Balaban J connectivity index is 1.29. The molecule has 1 aromatic heterocycles. The number of nitrogens with zero attached hydrogens (tertiary/aromatic N) is 3. The van der Waals surface area contributed by atoms with Crippen LogP contribution in [0.3, 0.4) is 0 Å². The Morgan fingerprint density at radius 2 is 2.21 bits per heavy atom. The third kappa shape index (κ3) is 3.68. The first-order chi connectivity index (χ1) is 13.4. The molecule has 0 bridgehead atoms. The summed E-state index contributed by atoms with van der Waals surface area (Å²) in [6, 6.07) is 5.57. The SMILES string of the molecule is CC1OC2(CCN(C(=O)NCc3noc(-c4cccc(F)c4)n3)CC2)NC1=O. The molecule has 2 aromatic rings. The smallest absolute Gasteiger partial charge is 0.317 e. The van der Waals surface area contributed by atoms with Crippen LogP contribution in [0.25, 0.3) is 11.5 Å². The van der Waals surface area contributed by atoms with Crippen molar-refractivity contribution in [3.05, 3.63) is 35.9 Å². The molecule has 1 atom stereocenters. The first kappa shape index (κ1) is 18.4. The predicted molar refractivity (Wildman–Crippen MR) is 94.2 cm³/mol. The molecule has 2 aliphatic heterocycles. The molecular formula is C18H20FN5O4. The maximum Gasteiger partial charge on any atom is 0.317 e. The number of rotatable bonds is 3. The van der Waals surface area contributed by atoms with Crippen molar-refractivity contribution in [3.8, 4) is 11.5 Å². The minimum Gasteiger partial charge on any atom is -0.343 e. The van der Waals surface area contributed by atoms with Gasteiger partial charge in [-0.2, -0.15) is 4.98 Å². The molecular weight excluding hydrogens is 369 g/mol. The van der Waals surface area contributed by atoms with E-state index in [1.54, 1.807) is 24.0 Å². The van der Waals surface area contributed by atoms with Crippen LogP contribution >= 0.6 is 0 Å². The van der Waals surface area contributed by atoms with Crippen LogP contribution in [0.2, 0.25) is 0 Å². The van der Waals surface area contributed by atoms with E-state index in [1.807, 2.05) is 0 Å². The molecule has 0 radical (unpaired) electrons. The van der Waals surface area contributed by atoms with Crippen molar-refractivity contribution < 1.29 is 23.2 Å². The van der Waals surface area contributed by atoms with Gasteiger partial charge in [0.15, 0.2) is 5.82 Å². The maximum atomic E-state index is 13.3. The van der Waals surface area contributed by atoms with Crippen molar-refractivity contribution in [2.75, 3.05) is 13.1 Å². The molecule has 2 fully saturated rings. The van der Waals surface area contributed by atoms with E-state index < -0.39 is 17.6 Å². The van der Waals surface area contributed by atoms with Crippen molar-refractivity contribution in [2.24, 2.45) is 0 Å². The van der Waals surface area contributed by atoms with E-state index >= 15 is 0 Å². The number of halogens is 1. The van der Waals surface area contributed by atoms with Gasteiger partial charge in [-0.25, -0.2) is 9.18 Å². The Bertz CT molecular complexity index is 894. The standard InChI is InChI=1S/C18H20FN5O4/c1-11-15(25)22-18(27-11)5-7-24(8-6-18)17(26)20-10-14-21-16(28-23-14)12-3-2-4-13(19)9-12/h2-4,9,11H,5-8,10H2,1H3,(H,20,26)(H,22,25). The second-order valence-corrected chi connectivity index (χ2v) is 6.92. The first-order valence-corrected chi connectivity index (χ1v) is 9.05. The van der Waals surface area contributed by atoms with Crippen LogP contribution in [-0.2, 0) is 16.1 Å². The monoisotopic (exact) mass is 389 g/mol. The number of amides is 3. The fourth-order valence-electron chi connectivity index (χ4n) is 3.39. The third-order valence-electron chi connectivity index (χ3n) is 4.92. The maximum absolute atomic E-state index is 13.3. The minimum atomic E-state index is -0.666. The zero-order chi connectivity index (χ0) is 19.7. The number of carbonyl (C=O) groups excluding carboxylic acids is 2. The number of benzene rings is 1. The van der Waals surface area contributed by atoms with Gasteiger partial charge >= 0.3 is 6.03 Å². The molecule has 0 saturated carbocycles. The topological polar surface area (TPSA) is 110 Å². The highest BCUT2D eigenvalue weighted by Crippen LogP contribution is 2.29. The van der Waals surface area contributed by atoms with Crippen LogP contribution in [0.4, 0.5) is 9.18 Å². The van der Waals surface area contributed by atoms with E-state index in [2.05, 4.69) is 20.8 Å². The number of ether oxygens (including phenoxy) is 1. The van der Waals surface area contributed by atoms with Crippen LogP contribution in [0.15, 0.2) is 28.8 Å². The fourth-order valence-corrected chi connectivity index (χ4v) is 3.39. The van der Waals surface area contributed by atoms with Gasteiger partial charge in [0.2, 0.25) is 0 Å². The van der Waals surface area contributed by atoms with Gasteiger partial charge in [-0.15, -0.1) is 0 Å².